The normalized spacial score (nSPS) is 12.9. The number of hydrogen-bond acceptors (Lipinski definition) is 3. The number of rotatable bonds is 6. The van der Waals surface area contributed by atoms with Crippen molar-refractivity contribution in [3.05, 3.63) is 28.2 Å². The van der Waals surface area contributed by atoms with Gasteiger partial charge < -0.3 is 15.2 Å². The number of hydrogen-bond donors (Lipinski definition) is 2. The third-order valence-corrected chi connectivity index (χ3v) is 3.52. The van der Waals surface area contributed by atoms with Gasteiger partial charge in [0.1, 0.15) is 5.75 Å². The average Bonchev–Trinajstić information content (AvgIpc) is 2.36. The molecule has 0 saturated heterocycles. The van der Waals surface area contributed by atoms with Crippen LogP contribution in [0.4, 0.5) is 0 Å². The second kappa shape index (κ2) is 7.87. The van der Waals surface area contributed by atoms with Crippen molar-refractivity contribution < 1.29 is 14.6 Å². The van der Waals surface area contributed by atoms with Gasteiger partial charge in [0.15, 0.2) is 6.61 Å². The van der Waals surface area contributed by atoms with Crippen molar-refractivity contribution in [1.82, 2.24) is 5.32 Å². The lowest BCUT2D eigenvalue weighted by Crippen LogP contribution is -2.34. The summed E-state index contributed by atoms with van der Waals surface area (Å²) in [6.07, 6.45) is 0.0288. The highest BCUT2D eigenvalue weighted by atomic mass is 35.5. The molecule has 4 nitrogen and oxygen atoms in total. The van der Waals surface area contributed by atoms with Crippen LogP contribution in [0.2, 0.25) is 10.0 Å². The van der Waals surface area contributed by atoms with Crippen LogP contribution in [-0.4, -0.2) is 30.3 Å². The molecule has 0 aliphatic carbocycles. The fraction of sp³-hybridized carbons (Fsp3) is 0.533. The molecule has 0 bridgehead atoms. The van der Waals surface area contributed by atoms with Crippen molar-refractivity contribution in [3.8, 4) is 5.75 Å². The summed E-state index contributed by atoms with van der Waals surface area (Å²) in [6, 6.07) is 4.80. The number of carbonyl (C=O) groups excluding carboxylic acids is 1. The van der Waals surface area contributed by atoms with Gasteiger partial charge in [-0.1, -0.05) is 44.0 Å². The molecule has 1 aromatic rings. The fourth-order valence-corrected chi connectivity index (χ4v) is 2.03. The van der Waals surface area contributed by atoms with Gasteiger partial charge in [-0.25, -0.2) is 0 Å². The first-order valence-electron chi connectivity index (χ1n) is 6.73. The Morgan fingerprint density at radius 1 is 1.38 bits per heavy atom. The molecule has 0 spiro atoms. The van der Waals surface area contributed by atoms with Gasteiger partial charge in [-0.3, -0.25) is 4.79 Å². The van der Waals surface area contributed by atoms with E-state index in [2.05, 4.69) is 5.32 Å². The molecule has 2 N–H and O–H groups in total. The Labute approximate surface area is 135 Å². The van der Waals surface area contributed by atoms with E-state index in [1.165, 1.54) is 0 Å². The van der Waals surface area contributed by atoms with Crippen LogP contribution in [0, 0.1) is 5.41 Å². The lowest BCUT2D eigenvalue weighted by Gasteiger charge is -2.25. The van der Waals surface area contributed by atoms with Crippen molar-refractivity contribution in [3.63, 3.8) is 0 Å². The molecule has 1 rings (SSSR count). The zero-order valence-electron chi connectivity index (χ0n) is 12.5. The molecular formula is C15H21Cl2NO3. The molecule has 0 saturated carbocycles. The molecule has 6 heteroatoms. The molecule has 0 aliphatic heterocycles. The minimum absolute atomic E-state index is 0.132. The lowest BCUT2D eigenvalue weighted by molar-refractivity contribution is -0.123. The summed E-state index contributed by atoms with van der Waals surface area (Å²) < 4.78 is 5.31. The number of aliphatic hydroxyl groups is 1. The lowest BCUT2D eigenvalue weighted by atomic mass is 9.87. The molecule has 1 unspecified atom stereocenters. The first-order valence-corrected chi connectivity index (χ1v) is 7.48. The predicted octanol–water partition coefficient (Wildman–Crippen LogP) is 3.29. The van der Waals surface area contributed by atoms with Crippen LogP contribution in [-0.2, 0) is 4.79 Å². The summed E-state index contributed by atoms with van der Waals surface area (Å²) in [5, 5.41) is 13.4. The molecular weight excluding hydrogens is 313 g/mol. The zero-order valence-corrected chi connectivity index (χ0v) is 14.0. The Morgan fingerprint density at radius 2 is 2.05 bits per heavy atom. The summed E-state index contributed by atoms with van der Waals surface area (Å²) in [7, 11) is 0. The molecule has 1 aromatic carbocycles. The van der Waals surface area contributed by atoms with Gasteiger partial charge in [0.25, 0.3) is 5.91 Å². The van der Waals surface area contributed by atoms with E-state index in [1.807, 2.05) is 20.8 Å². The first-order chi connectivity index (χ1) is 9.70. The minimum Gasteiger partial charge on any atom is -0.482 e. The van der Waals surface area contributed by atoms with Crippen molar-refractivity contribution >= 4 is 29.1 Å². The minimum atomic E-state index is -0.468. The van der Waals surface area contributed by atoms with E-state index in [-0.39, 0.29) is 17.9 Å². The molecule has 21 heavy (non-hydrogen) atoms. The molecule has 118 valence electrons. The fourth-order valence-electron chi connectivity index (χ4n) is 1.57. The molecule has 1 amide bonds. The Hall–Kier alpha value is -0.970. The van der Waals surface area contributed by atoms with Gasteiger partial charge in [0.2, 0.25) is 0 Å². The van der Waals surface area contributed by atoms with Crippen LogP contribution >= 0.6 is 23.2 Å². The number of nitrogens with one attached hydrogen (secondary N) is 1. The third-order valence-electron chi connectivity index (χ3n) is 2.99. The maximum absolute atomic E-state index is 11.6. The van der Waals surface area contributed by atoms with Crippen molar-refractivity contribution in [2.24, 2.45) is 5.41 Å². The van der Waals surface area contributed by atoms with Crippen molar-refractivity contribution in [2.45, 2.75) is 33.3 Å². The van der Waals surface area contributed by atoms with E-state index in [0.717, 1.165) is 0 Å². The Balaban J connectivity index is 2.32. The summed E-state index contributed by atoms with van der Waals surface area (Å²) in [6.45, 7) is 6.11. The van der Waals surface area contributed by atoms with E-state index in [4.69, 9.17) is 27.9 Å². The molecule has 0 aromatic heterocycles. The maximum Gasteiger partial charge on any atom is 0.257 e. The Kier molecular flexibility index (Phi) is 6.78. The third kappa shape index (κ3) is 6.55. The predicted molar refractivity (Wildman–Crippen MR) is 85.0 cm³/mol. The van der Waals surface area contributed by atoms with Gasteiger partial charge in [0.05, 0.1) is 11.1 Å². The van der Waals surface area contributed by atoms with E-state index >= 15 is 0 Å². The van der Waals surface area contributed by atoms with E-state index in [0.29, 0.717) is 28.8 Å². The number of ether oxygens (including phenoxy) is 1. The van der Waals surface area contributed by atoms with Crippen LogP contribution in [0.3, 0.4) is 0 Å². The molecule has 0 fully saturated rings. The average molecular weight is 334 g/mol. The zero-order chi connectivity index (χ0) is 16.0. The number of benzene rings is 1. The van der Waals surface area contributed by atoms with Gasteiger partial charge in [-0.05, 0) is 30.0 Å². The SMILES string of the molecule is CC(C)(C)C(O)CCNC(=O)COc1ccc(Cl)cc1Cl. The molecule has 0 heterocycles. The highest BCUT2D eigenvalue weighted by Crippen LogP contribution is 2.27. The van der Waals surface area contributed by atoms with Crippen LogP contribution < -0.4 is 10.1 Å². The van der Waals surface area contributed by atoms with E-state index in [9.17, 15) is 9.90 Å². The van der Waals surface area contributed by atoms with Crippen LogP contribution in [0.1, 0.15) is 27.2 Å². The Morgan fingerprint density at radius 3 is 2.62 bits per heavy atom. The van der Waals surface area contributed by atoms with Gasteiger partial charge in [0, 0.05) is 11.6 Å². The van der Waals surface area contributed by atoms with Crippen molar-refractivity contribution in [1.29, 1.82) is 0 Å². The molecule has 0 aliphatic rings. The summed E-state index contributed by atoms with van der Waals surface area (Å²) in [5.41, 5.74) is -0.196. The van der Waals surface area contributed by atoms with Gasteiger partial charge in [-0.15, -0.1) is 0 Å². The van der Waals surface area contributed by atoms with Crippen molar-refractivity contribution in [2.75, 3.05) is 13.2 Å². The van der Waals surface area contributed by atoms with Crippen LogP contribution in [0.15, 0.2) is 18.2 Å². The monoisotopic (exact) mass is 333 g/mol. The molecule has 0 radical (unpaired) electrons. The van der Waals surface area contributed by atoms with E-state index < -0.39 is 6.10 Å². The highest BCUT2D eigenvalue weighted by molar-refractivity contribution is 6.35. The number of aliphatic hydroxyl groups excluding tert-OH is 1. The summed E-state index contributed by atoms with van der Waals surface area (Å²) in [4.78, 5) is 11.6. The number of carbonyl (C=O) groups is 1. The number of amides is 1. The summed E-state index contributed by atoms with van der Waals surface area (Å²) >= 11 is 11.7. The topological polar surface area (TPSA) is 58.6 Å². The highest BCUT2D eigenvalue weighted by Gasteiger charge is 2.21. The number of halogens is 2. The smallest absolute Gasteiger partial charge is 0.257 e. The van der Waals surface area contributed by atoms with Gasteiger partial charge in [-0.2, -0.15) is 0 Å². The first kappa shape index (κ1) is 18.1. The standard InChI is InChI=1S/C15H21Cl2NO3/c1-15(2,3)13(19)6-7-18-14(20)9-21-12-5-4-10(16)8-11(12)17/h4-5,8,13,19H,6-7,9H2,1-3H3,(H,18,20). The maximum atomic E-state index is 11.6. The Bertz CT molecular complexity index is 486. The second-order valence-corrected chi connectivity index (χ2v) is 6.73. The molecule has 1 atom stereocenters. The quantitative estimate of drug-likeness (QED) is 0.839. The van der Waals surface area contributed by atoms with Gasteiger partial charge >= 0.3 is 0 Å². The van der Waals surface area contributed by atoms with E-state index in [1.54, 1.807) is 18.2 Å². The second-order valence-electron chi connectivity index (χ2n) is 5.88. The van der Waals surface area contributed by atoms with Crippen LogP contribution in [0.25, 0.3) is 0 Å². The summed E-state index contributed by atoms with van der Waals surface area (Å²) in [5.74, 6) is 0.146. The largest absolute Gasteiger partial charge is 0.482 e. The van der Waals surface area contributed by atoms with Crippen LogP contribution in [0.5, 0.6) is 5.75 Å².